The molecule has 0 amide bonds. The molecule has 5 nitrogen and oxygen atoms in total. The van der Waals surface area contributed by atoms with Crippen molar-refractivity contribution >= 4 is 5.69 Å². The first kappa shape index (κ1) is 23.0. The molecule has 1 aliphatic rings. The van der Waals surface area contributed by atoms with Gasteiger partial charge >= 0.3 is 5.69 Å². The lowest BCUT2D eigenvalue weighted by Crippen LogP contribution is -2.06. The van der Waals surface area contributed by atoms with Crippen LogP contribution in [0, 0.1) is 10.1 Å². The van der Waals surface area contributed by atoms with Gasteiger partial charge in [0.05, 0.1) is 4.92 Å². The van der Waals surface area contributed by atoms with Gasteiger partial charge in [0.15, 0.2) is 5.76 Å². The first-order valence-electron chi connectivity index (χ1n) is 9.72. The number of allylic oxidation sites excluding steroid dienone is 3. The number of para-hydroxylation sites is 2. The van der Waals surface area contributed by atoms with E-state index in [0.717, 1.165) is 12.0 Å². The minimum absolute atomic E-state index is 0.0635. The number of nitrogens with zero attached hydrogens (tertiary/aromatic N) is 1. The second kappa shape index (κ2) is 13.1. The van der Waals surface area contributed by atoms with Crippen LogP contribution in [-0.2, 0) is 11.3 Å². The van der Waals surface area contributed by atoms with Crippen molar-refractivity contribution in [2.24, 2.45) is 0 Å². The highest BCUT2D eigenvalue weighted by Gasteiger charge is 2.18. The van der Waals surface area contributed by atoms with Crippen LogP contribution in [-0.4, -0.2) is 4.92 Å². The van der Waals surface area contributed by atoms with Crippen molar-refractivity contribution in [1.29, 1.82) is 0 Å². The van der Waals surface area contributed by atoms with Crippen LogP contribution in [0.25, 0.3) is 0 Å². The predicted octanol–water partition coefficient (Wildman–Crippen LogP) is 6.80. The molecule has 0 aromatic heterocycles. The standard InChI is InChI=1S/C19H17NO4.2C2H6/c21-20(22)16-10-4-5-11-17(16)24-19-13-7-6-12-18(19)23-14-15-8-2-1-3-9-15;2*1-2/h1-5,7-11,13H,6,12,14H2;2*1-2H3. The summed E-state index contributed by atoms with van der Waals surface area (Å²) < 4.78 is 11.7. The SMILES string of the molecule is CC.CC.O=[N+]([O-])c1ccccc1OC1=C(OCc2ccccc2)CCC=C1. The Morgan fingerprint density at radius 2 is 1.61 bits per heavy atom. The summed E-state index contributed by atoms with van der Waals surface area (Å²) in [5, 5.41) is 11.1. The second-order valence-electron chi connectivity index (χ2n) is 5.33. The third-order valence-electron chi connectivity index (χ3n) is 3.62. The largest absolute Gasteiger partial charge is 0.489 e. The van der Waals surface area contributed by atoms with Gasteiger partial charge in [-0.2, -0.15) is 0 Å². The number of benzene rings is 2. The van der Waals surface area contributed by atoms with Crippen molar-refractivity contribution in [3.05, 3.63) is 93.9 Å². The molecular formula is C23H29NO4. The lowest BCUT2D eigenvalue weighted by atomic mass is 10.1. The van der Waals surface area contributed by atoms with E-state index in [4.69, 9.17) is 9.47 Å². The molecule has 1 aliphatic carbocycles. The minimum Gasteiger partial charge on any atom is -0.489 e. The smallest absolute Gasteiger partial charge is 0.311 e. The van der Waals surface area contributed by atoms with E-state index in [1.165, 1.54) is 6.07 Å². The van der Waals surface area contributed by atoms with Gasteiger partial charge in [-0.1, -0.05) is 76.2 Å². The zero-order chi connectivity index (χ0) is 20.8. The maximum atomic E-state index is 11.1. The van der Waals surface area contributed by atoms with E-state index in [0.29, 0.717) is 24.5 Å². The van der Waals surface area contributed by atoms with Crippen molar-refractivity contribution in [2.45, 2.75) is 47.1 Å². The molecule has 0 bridgehead atoms. The molecule has 150 valence electrons. The molecule has 0 saturated heterocycles. The Kier molecular flexibility index (Phi) is 10.8. The summed E-state index contributed by atoms with van der Waals surface area (Å²) >= 11 is 0. The molecule has 0 fully saturated rings. The predicted molar refractivity (Wildman–Crippen MR) is 113 cm³/mol. The number of hydrogen-bond donors (Lipinski definition) is 0. The van der Waals surface area contributed by atoms with Gasteiger partial charge in [-0.3, -0.25) is 10.1 Å². The summed E-state index contributed by atoms with van der Waals surface area (Å²) in [6.45, 7) is 8.44. The Morgan fingerprint density at radius 1 is 0.964 bits per heavy atom. The minimum atomic E-state index is -0.451. The van der Waals surface area contributed by atoms with Crippen molar-refractivity contribution in [3.8, 4) is 5.75 Å². The van der Waals surface area contributed by atoms with Crippen LogP contribution in [0.4, 0.5) is 5.69 Å². The Hall–Kier alpha value is -3.08. The molecule has 3 rings (SSSR count). The monoisotopic (exact) mass is 383 g/mol. The van der Waals surface area contributed by atoms with Crippen LogP contribution in [0.1, 0.15) is 46.1 Å². The normalized spacial score (nSPS) is 12.1. The van der Waals surface area contributed by atoms with Gasteiger partial charge in [-0.15, -0.1) is 0 Å². The summed E-state index contributed by atoms with van der Waals surface area (Å²) in [7, 11) is 0. The molecule has 0 spiro atoms. The summed E-state index contributed by atoms with van der Waals surface area (Å²) in [6, 6.07) is 16.2. The summed E-state index contributed by atoms with van der Waals surface area (Å²) in [5.41, 5.74) is 0.996. The molecule has 0 saturated carbocycles. The van der Waals surface area contributed by atoms with Gasteiger partial charge in [0.2, 0.25) is 5.75 Å². The average molecular weight is 383 g/mol. The topological polar surface area (TPSA) is 61.6 Å². The van der Waals surface area contributed by atoms with E-state index < -0.39 is 4.92 Å². The van der Waals surface area contributed by atoms with Gasteiger partial charge in [-0.05, 0) is 24.1 Å². The molecule has 2 aromatic rings. The molecule has 0 atom stereocenters. The molecule has 28 heavy (non-hydrogen) atoms. The van der Waals surface area contributed by atoms with Crippen molar-refractivity contribution in [2.75, 3.05) is 0 Å². The van der Waals surface area contributed by atoms with Crippen molar-refractivity contribution < 1.29 is 14.4 Å². The van der Waals surface area contributed by atoms with Gasteiger partial charge < -0.3 is 9.47 Å². The van der Waals surface area contributed by atoms with Crippen LogP contribution in [0.5, 0.6) is 5.75 Å². The molecule has 0 N–H and O–H groups in total. The van der Waals surface area contributed by atoms with Gasteiger partial charge in [0, 0.05) is 12.5 Å². The zero-order valence-electron chi connectivity index (χ0n) is 17.1. The Morgan fingerprint density at radius 3 is 2.29 bits per heavy atom. The van der Waals surface area contributed by atoms with E-state index in [1.807, 2.05) is 64.1 Å². The fourth-order valence-corrected chi connectivity index (χ4v) is 2.41. The third kappa shape index (κ3) is 6.91. The van der Waals surface area contributed by atoms with Crippen molar-refractivity contribution in [1.82, 2.24) is 0 Å². The number of nitro benzene ring substituents is 1. The molecule has 0 heterocycles. The average Bonchev–Trinajstić information content (AvgIpc) is 2.77. The molecule has 0 aliphatic heterocycles. The van der Waals surface area contributed by atoms with Crippen LogP contribution in [0.3, 0.4) is 0 Å². The molecule has 0 radical (unpaired) electrons. The number of ether oxygens (including phenoxy) is 2. The lowest BCUT2D eigenvalue weighted by molar-refractivity contribution is -0.385. The van der Waals surface area contributed by atoms with Crippen molar-refractivity contribution in [3.63, 3.8) is 0 Å². The van der Waals surface area contributed by atoms with E-state index in [9.17, 15) is 10.1 Å². The Labute approximate surface area is 167 Å². The first-order valence-corrected chi connectivity index (χ1v) is 9.72. The Balaban J connectivity index is 0.000000921. The maximum absolute atomic E-state index is 11.1. The molecule has 2 aromatic carbocycles. The highest BCUT2D eigenvalue weighted by Crippen LogP contribution is 2.31. The highest BCUT2D eigenvalue weighted by molar-refractivity contribution is 5.47. The van der Waals surface area contributed by atoms with Crippen LogP contribution in [0.15, 0.2) is 78.3 Å². The molecule has 5 heteroatoms. The fourth-order valence-electron chi connectivity index (χ4n) is 2.41. The number of nitro groups is 1. The molecule has 0 unspecified atom stereocenters. The van der Waals surface area contributed by atoms with Gasteiger partial charge in [-0.25, -0.2) is 0 Å². The van der Waals surface area contributed by atoms with E-state index in [-0.39, 0.29) is 11.4 Å². The van der Waals surface area contributed by atoms with E-state index in [2.05, 4.69) is 0 Å². The van der Waals surface area contributed by atoms with Gasteiger partial charge in [0.1, 0.15) is 12.4 Å². The first-order chi connectivity index (χ1) is 13.7. The Bertz CT molecular complexity index is 782. The highest BCUT2D eigenvalue weighted by atomic mass is 16.6. The van der Waals surface area contributed by atoms with Crippen LogP contribution < -0.4 is 4.74 Å². The molecular weight excluding hydrogens is 354 g/mol. The van der Waals surface area contributed by atoms with Crippen LogP contribution >= 0.6 is 0 Å². The maximum Gasteiger partial charge on any atom is 0.311 e. The zero-order valence-corrected chi connectivity index (χ0v) is 17.1. The number of hydrogen-bond acceptors (Lipinski definition) is 4. The summed E-state index contributed by atoms with van der Waals surface area (Å²) in [6.07, 6.45) is 5.34. The van der Waals surface area contributed by atoms with E-state index >= 15 is 0 Å². The van der Waals surface area contributed by atoms with Gasteiger partial charge in [0.25, 0.3) is 0 Å². The quantitative estimate of drug-likeness (QED) is 0.406. The third-order valence-corrected chi connectivity index (χ3v) is 3.62. The second-order valence-corrected chi connectivity index (χ2v) is 5.33. The lowest BCUT2D eigenvalue weighted by Gasteiger charge is -2.17. The van der Waals surface area contributed by atoms with Crippen LogP contribution in [0.2, 0.25) is 0 Å². The summed E-state index contributed by atoms with van der Waals surface area (Å²) in [4.78, 5) is 10.7. The van der Waals surface area contributed by atoms with E-state index in [1.54, 1.807) is 24.3 Å². The summed E-state index contributed by atoms with van der Waals surface area (Å²) in [5.74, 6) is 1.44. The number of rotatable bonds is 6. The fraction of sp³-hybridized carbons (Fsp3) is 0.304.